The minimum absolute atomic E-state index is 0.141. The summed E-state index contributed by atoms with van der Waals surface area (Å²) in [5, 5.41) is 14.3. The molecule has 0 fully saturated rings. The minimum Gasteiger partial charge on any atom is -0.481 e. The molecule has 1 unspecified atom stereocenters. The van der Waals surface area contributed by atoms with Gasteiger partial charge in [-0.25, -0.2) is 0 Å². The molecule has 0 bridgehead atoms. The summed E-state index contributed by atoms with van der Waals surface area (Å²) in [7, 11) is 1.51. The standard InChI is InChI=1S/C15H18N2O4/c1-3-13(18)17-11-6-4-10(5-7-11)12(15(20)21)8-9-14(19)16-2/h3-7,12H,1,8-9H2,2H3,(H,16,19)(H,17,18)(H,20,21). The monoisotopic (exact) mass is 290 g/mol. The number of hydrogen-bond acceptors (Lipinski definition) is 3. The molecule has 2 amide bonds. The van der Waals surface area contributed by atoms with Crippen LogP contribution in [0.2, 0.25) is 0 Å². The van der Waals surface area contributed by atoms with Crippen LogP contribution < -0.4 is 10.6 Å². The van der Waals surface area contributed by atoms with Crippen LogP contribution in [0.15, 0.2) is 36.9 Å². The van der Waals surface area contributed by atoms with E-state index >= 15 is 0 Å². The zero-order chi connectivity index (χ0) is 15.8. The van der Waals surface area contributed by atoms with E-state index in [1.165, 1.54) is 7.05 Å². The Labute approximate surface area is 122 Å². The molecule has 0 aliphatic carbocycles. The van der Waals surface area contributed by atoms with Crippen molar-refractivity contribution in [2.75, 3.05) is 12.4 Å². The second-order valence-electron chi connectivity index (χ2n) is 4.42. The quantitative estimate of drug-likeness (QED) is 0.663. The smallest absolute Gasteiger partial charge is 0.310 e. The van der Waals surface area contributed by atoms with Crippen molar-refractivity contribution in [3.63, 3.8) is 0 Å². The second-order valence-corrected chi connectivity index (χ2v) is 4.42. The van der Waals surface area contributed by atoms with Crippen molar-refractivity contribution in [2.24, 2.45) is 0 Å². The zero-order valence-electron chi connectivity index (χ0n) is 11.8. The molecule has 21 heavy (non-hydrogen) atoms. The average molecular weight is 290 g/mol. The van der Waals surface area contributed by atoms with Gasteiger partial charge >= 0.3 is 5.97 Å². The Kier molecular flexibility index (Phi) is 6.13. The predicted molar refractivity (Wildman–Crippen MR) is 78.9 cm³/mol. The average Bonchev–Trinajstić information content (AvgIpc) is 2.48. The van der Waals surface area contributed by atoms with Crippen molar-refractivity contribution in [3.8, 4) is 0 Å². The summed E-state index contributed by atoms with van der Waals surface area (Å²) in [6.07, 6.45) is 1.51. The summed E-state index contributed by atoms with van der Waals surface area (Å²) in [6, 6.07) is 6.49. The summed E-state index contributed by atoms with van der Waals surface area (Å²) >= 11 is 0. The van der Waals surface area contributed by atoms with Gasteiger partial charge in [-0.2, -0.15) is 0 Å². The first-order valence-corrected chi connectivity index (χ1v) is 6.44. The molecule has 6 nitrogen and oxygen atoms in total. The van der Waals surface area contributed by atoms with Crippen molar-refractivity contribution < 1.29 is 19.5 Å². The normalized spacial score (nSPS) is 11.3. The van der Waals surface area contributed by atoms with Crippen molar-refractivity contribution in [3.05, 3.63) is 42.5 Å². The molecule has 0 aliphatic heterocycles. The van der Waals surface area contributed by atoms with Gasteiger partial charge < -0.3 is 15.7 Å². The summed E-state index contributed by atoms with van der Waals surface area (Å²) in [6.45, 7) is 3.35. The lowest BCUT2D eigenvalue weighted by molar-refractivity contribution is -0.139. The van der Waals surface area contributed by atoms with Crippen LogP contribution in [0.4, 0.5) is 5.69 Å². The molecular weight excluding hydrogens is 272 g/mol. The molecule has 0 saturated heterocycles. The summed E-state index contributed by atoms with van der Waals surface area (Å²) in [5.74, 6) is -2.28. The molecule has 0 saturated carbocycles. The van der Waals surface area contributed by atoms with Crippen molar-refractivity contribution >= 4 is 23.5 Å². The molecule has 3 N–H and O–H groups in total. The minimum atomic E-state index is -0.984. The van der Waals surface area contributed by atoms with Gasteiger partial charge in [0.05, 0.1) is 5.92 Å². The number of benzene rings is 1. The fraction of sp³-hybridized carbons (Fsp3) is 0.267. The van der Waals surface area contributed by atoms with E-state index in [1.807, 2.05) is 0 Å². The van der Waals surface area contributed by atoms with E-state index in [2.05, 4.69) is 17.2 Å². The molecule has 0 heterocycles. The third-order valence-corrected chi connectivity index (χ3v) is 3.00. The molecule has 0 aromatic heterocycles. The van der Waals surface area contributed by atoms with Crippen LogP contribution in [0.25, 0.3) is 0 Å². The lowest BCUT2D eigenvalue weighted by Crippen LogP contribution is -2.20. The summed E-state index contributed by atoms with van der Waals surface area (Å²) < 4.78 is 0. The lowest BCUT2D eigenvalue weighted by atomic mass is 9.94. The van der Waals surface area contributed by atoms with Gasteiger partial charge in [-0.1, -0.05) is 18.7 Å². The topological polar surface area (TPSA) is 95.5 Å². The number of aliphatic carboxylic acids is 1. The van der Waals surface area contributed by atoms with Gasteiger partial charge in [-0.05, 0) is 30.2 Å². The lowest BCUT2D eigenvalue weighted by Gasteiger charge is -2.13. The Morgan fingerprint density at radius 1 is 1.29 bits per heavy atom. The van der Waals surface area contributed by atoms with Gasteiger partial charge in [0.25, 0.3) is 0 Å². The molecule has 1 aromatic rings. The van der Waals surface area contributed by atoms with Gasteiger partial charge in [-0.3, -0.25) is 14.4 Å². The van der Waals surface area contributed by atoms with Crippen LogP contribution in [-0.4, -0.2) is 29.9 Å². The molecule has 112 valence electrons. The van der Waals surface area contributed by atoms with E-state index in [4.69, 9.17) is 0 Å². The number of nitrogens with one attached hydrogen (secondary N) is 2. The molecule has 0 spiro atoms. The summed E-state index contributed by atoms with van der Waals surface area (Å²) in [5.41, 5.74) is 1.14. The first-order valence-electron chi connectivity index (χ1n) is 6.44. The number of amides is 2. The Morgan fingerprint density at radius 3 is 2.38 bits per heavy atom. The summed E-state index contributed by atoms with van der Waals surface area (Å²) in [4.78, 5) is 33.7. The van der Waals surface area contributed by atoms with Crippen LogP contribution >= 0.6 is 0 Å². The molecule has 1 atom stereocenters. The first-order chi connectivity index (χ1) is 9.97. The number of anilines is 1. The first kappa shape index (κ1) is 16.4. The van der Waals surface area contributed by atoms with E-state index in [-0.39, 0.29) is 24.7 Å². The van der Waals surface area contributed by atoms with Gasteiger partial charge in [0.2, 0.25) is 11.8 Å². The molecule has 1 aromatic carbocycles. The number of carbonyl (C=O) groups excluding carboxylic acids is 2. The molecule has 6 heteroatoms. The SMILES string of the molecule is C=CC(=O)Nc1ccc(C(CCC(=O)NC)C(=O)O)cc1. The zero-order valence-corrected chi connectivity index (χ0v) is 11.8. The number of carbonyl (C=O) groups is 3. The number of carboxylic acids is 1. The highest BCUT2D eigenvalue weighted by atomic mass is 16.4. The fourth-order valence-corrected chi connectivity index (χ4v) is 1.83. The number of carboxylic acid groups (broad SMARTS) is 1. The fourth-order valence-electron chi connectivity index (χ4n) is 1.83. The predicted octanol–water partition coefficient (Wildman–Crippen LogP) is 1.51. The highest BCUT2D eigenvalue weighted by Crippen LogP contribution is 2.23. The Morgan fingerprint density at radius 2 is 1.90 bits per heavy atom. The van der Waals surface area contributed by atoms with Gasteiger partial charge in [0, 0.05) is 19.2 Å². The highest BCUT2D eigenvalue weighted by molar-refractivity contribution is 5.98. The van der Waals surface area contributed by atoms with Gasteiger partial charge in [-0.15, -0.1) is 0 Å². The maximum atomic E-state index is 11.3. The van der Waals surface area contributed by atoms with E-state index in [0.717, 1.165) is 6.08 Å². The van der Waals surface area contributed by atoms with Crippen LogP contribution in [0.1, 0.15) is 24.3 Å². The maximum Gasteiger partial charge on any atom is 0.310 e. The highest BCUT2D eigenvalue weighted by Gasteiger charge is 2.20. The van der Waals surface area contributed by atoms with Crippen molar-refractivity contribution in [1.29, 1.82) is 0 Å². The van der Waals surface area contributed by atoms with Crippen molar-refractivity contribution in [1.82, 2.24) is 5.32 Å². The maximum absolute atomic E-state index is 11.3. The van der Waals surface area contributed by atoms with E-state index in [0.29, 0.717) is 11.3 Å². The van der Waals surface area contributed by atoms with Crippen LogP contribution in [-0.2, 0) is 14.4 Å². The van der Waals surface area contributed by atoms with Crippen molar-refractivity contribution in [2.45, 2.75) is 18.8 Å². The van der Waals surface area contributed by atoms with E-state index < -0.39 is 11.9 Å². The third-order valence-electron chi connectivity index (χ3n) is 3.00. The number of hydrogen-bond donors (Lipinski definition) is 3. The molecule has 0 radical (unpaired) electrons. The third kappa shape index (κ3) is 5.10. The van der Waals surface area contributed by atoms with Gasteiger partial charge in [0.1, 0.15) is 0 Å². The number of rotatable bonds is 7. The molecular formula is C15H18N2O4. The van der Waals surface area contributed by atoms with Crippen LogP contribution in [0.5, 0.6) is 0 Å². The Hall–Kier alpha value is -2.63. The largest absolute Gasteiger partial charge is 0.481 e. The Bertz CT molecular complexity index is 537. The van der Waals surface area contributed by atoms with E-state index in [9.17, 15) is 19.5 Å². The molecule has 1 rings (SSSR count). The van der Waals surface area contributed by atoms with Crippen LogP contribution in [0, 0.1) is 0 Å². The van der Waals surface area contributed by atoms with Gasteiger partial charge in [0.15, 0.2) is 0 Å². The Balaban J connectivity index is 2.79. The second kappa shape index (κ2) is 7.84. The van der Waals surface area contributed by atoms with Crippen LogP contribution in [0.3, 0.4) is 0 Å². The van der Waals surface area contributed by atoms with E-state index in [1.54, 1.807) is 24.3 Å². The molecule has 0 aliphatic rings.